The number of aliphatic carboxylic acids is 1. The number of hydrogen-bond acceptors (Lipinski definition) is 9. The van der Waals surface area contributed by atoms with Crippen molar-refractivity contribution < 1.29 is 39.0 Å². The summed E-state index contributed by atoms with van der Waals surface area (Å²) in [6.07, 6.45) is -2.16. The maximum absolute atomic E-state index is 13.0. The van der Waals surface area contributed by atoms with Crippen molar-refractivity contribution in [3.05, 3.63) is 0 Å². The number of rotatable bonds is 18. The van der Waals surface area contributed by atoms with Gasteiger partial charge in [0, 0.05) is 19.4 Å². The lowest BCUT2D eigenvalue weighted by Gasteiger charge is -2.25. The number of aliphatic hydroxyl groups excluding tert-OH is 1. The molecule has 0 aromatic heterocycles. The summed E-state index contributed by atoms with van der Waals surface area (Å²) in [5.74, 6) is -5.83. The van der Waals surface area contributed by atoms with E-state index in [0.29, 0.717) is 0 Å². The minimum Gasteiger partial charge on any atom is -0.480 e. The smallest absolute Gasteiger partial charge is 0.328 e. The molecule has 210 valence electrons. The Balaban J connectivity index is 5.67. The van der Waals surface area contributed by atoms with Crippen LogP contribution in [0.15, 0.2) is 4.99 Å². The normalized spacial score (nSPS) is 14.7. The molecule has 5 unspecified atom stereocenters. The van der Waals surface area contributed by atoms with Gasteiger partial charge in [-0.1, -0.05) is 0 Å². The Morgan fingerprint density at radius 2 is 1.27 bits per heavy atom. The first-order chi connectivity index (χ1) is 17.1. The van der Waals surface area contributed by atoms with Crippen molar-refractivity contribution in [2.75, 3.05) is 6.54 Å². The fourth-order valence-electron chi connectivity index (χ4n) is 2.95. The Kier molecular flexibility index (Phi) is 14.8. The lowest BCUT2D eigenvalue weighted by Crippen LogP contribution is -2.58. The third kappa shape index (κ3) is 14.2. The average molecular weight is 532 g/mol. The molecular formula is C20H37N9O8. The number of aliphatic imine (C=N–C) groups is 1. The maximum atomic E-state index is 13.0. The maximum Gasteiger partial charge on any atom is 0.328 e. The number of aliphatic hydroxyl groups is 1. The van der Waals surface area contributed by atoms with Crippen LogP contribution in [0, 0.1) is 0 Å². The van der Waals surface area contributed by atoms with Gasteiger partial charge in [-0.05, 0) is 32.6 Å². The highest BCUT2D eigenvalue weighted by Gasteiger charge is 2.32. The van der Waals surface area contributed by atoms with E-state index in [2.05, 4.69) is 20.9 Å². The minimum atomic E-state index is -1.70. The van der Waals surface area contributed by atoms with E-state index in [1.54, 1.807) is 0 Å². The highest BCUT2D eigenvalue weighted by Crippen LogP contribution is 2.06. The van der Waals surface area contributed by atoms with Crippen LogP contribution in [0.2, 0.25) is 0 Å². The molecule has 17 nitrogen and oxygen atoms in total. The predicted octanol–water partition coefficient (Wildman–Crippen LogP) is -5.18. The highest BCUT2D eigenvalue weighted by molar-refractivity contribution is 5.94. The molecule has 5 amide bonds. The van der Waals surface area contributed by atoms with Crippen LogP contribution in [-0.2, 0) is 28.8 Å². The molecule has 17 heteroatoms. The zero-order valence-electron chi connectivity index (χ0n) is 20.5. The van der Waals surface area contributed by atoms with Gasteiger partial charge in [-0.15, -0.1) is 0 Å². The Labute approximate surface area is 212 Å². The van der Waals surface area contributed by atoms with E-state index in [9.17, 15) is 39.0 Å². The van der Waals surface area contributed by atoms with Crippen LogP contribution in [0.3, 0.4) is 0 Å². The number of carboxylic acid groups (broad SMARTS) is 1. The van der Waals surface area contributed by atoms with Crippen LogP contribution >= 0.6 is 0 Å². The molecule has 37 heavy (non-hydrogen) atoms. The minimum absolute atomic E-state index is 0.00746. The van der Waals surface area contributed by atoms with E-state index in [0.717, 1.165) is 6.92 Å². The number of guanidine groups is 1. The molecular weight excluding hydrogens is 494 g/mol. The first-order valence-electron chi connectivity index (χ1n) is 11.3. The van der Waals surface area contributed by atoms with Gasteiger partial charge in [0.2, 0.25) is 29.5 Å². The van der Waals surface area contributed by atoms with Crippen LogP contribution < -0.4 is 44.6 Å². The standard InChI is InChI=1S/C20H37N9O8/c1-9(30)15(19(36)37)29-18(35)12(5-7-14(23)32)28-17(34)11(3-2-8-26-20(24)25)27-16(33)10(21)4-6-13(22)31/h9-12,15,30H,2-8,21H2,1H3,(H2,22,31)(H2,23,32)(H,27,33)(H,28,34)(H,29,35)(H,36,37)(H4,24,25,26). The number of carboxylic acids is 1. The molecule has 0 aliphatic rings. The van der Waals surface area contributed by atoms with Gasteiger partial charge in [0.1, 0.15) is 12.1 Å². The molecule has 0 saturated carbocycles. The highest BCUT2D eigenvalue weighted by atomic mass is 16.4. The van der Waals surface area contributed by atoms with Crippen molar-refractivity contribution in [1.82, 2.24) is 16.0 Å². The third-order valence-corrected chi connectivity index (χ3v) is 4.98. The molecule has 0 rings (SSSR count). The van der Waals surface area contributed by atoms with Gasteiger partial charge < -0.3 is 54.8 Å². The number of carbonyl (C=O) groups is 6. The van der Waals surface area contributed by atoms with Crippen molar-refractivity contribution in [1.29, 1.82) is 0 Å². The molecule has 0 aliphatic heterocycles. The molecule has 0 fully saturated rings. The second-order valence-electron chi connectivity index (χ2n) is 8.25. The molecule has 15 N–H and O–H groups in total. The van der Waals surface area contributed by atoms with Crippen LogP contribution in [0.4, 0.5) is 0 Å². The molecule has 0 spiro atoms. The molecule has 0 heterocycles. The van der Waals surface area contributed by atoms with Crippen molar-refractivity contribution >= 4 is 41.5 Å². The topological polar surface area (TPSA) is 321 Å². The molecule has 0 aromatic carbocycles. The summed E-state index contributed by atoms with van der Waals surface area (Å²) in [7, 11) is 0. The van der Waals surface area contributed by atoms with E-state index < -0.39 is 65.8 Å². The predicted molar refractivity (Wildman–Crippen MR) is 130 cm³/mol. The Hall–Kier alpha value is -3.99. The summed E-state index contributed by atoms with van der Waals surface area (Å²) >= 11 is 0. The van der Waals surface area contributed by atoms with Crippen molar-refractivity contribution in [2.24, 2.45) is 33.7 Å². The number of nitrogens with one attached hydrogen (secondary N) is 3. The Morgan fingerprint density at radius 3 is 1.76 bits per heavy atom. The van der Waals surface area contributed by atoms with Crippen LogP contribution in [0.5, 0.6) is 0 Å². The quantitative estimate of drug-likeness (QED) is 0.0452. The Bertz CT molecular complexity index is 861. The van der Waals surface area contributed by atoms with Gasteiger partial charge in [0.15, 0.2) is 12.0 Å². The SMILES string of the molecule is CC(O)C(NC(=O)C(CCC(N)=O)NC(=O)C(CCCN=C(N)N)NC(=O)C(N)CCC(N)=O)C(=O)O. The first-order valence-corrected chi connectivity index (χ1v) is 11.3. The van der Waals surface area contributed by atoms with Crippen LogP contribution in [0.1, 0.15) is 45.4 Å². The molecule has 5 atom stereocenters. The monoisotopic (exact) mass is 531 g/mol. The molecule has 0 aliphatic carbocycles. The molecule has 0 saturated heterocycles. The molecule has 0 bridgehead atoms. The zero-order chi connectivity index (χ0) is 28.7. The van der Waals surface area contributed by atoms with E-state index in [4.69, 9.17) is 28.7 Å². The van der Waals surface area contributed by atoms with Crippen molar-refractivity contribution in [3.8, 4) is 0 Å². The van der Waals surface area contributed by atoms with Gasteiger partial charge in [-0.2, -0.15) is 0 Å². The van der Waals surface area contributed by atoms with Crippen molar-refractivity contribution in [3.63, 3.8) is 0 Å². The summed E-state index contributed by atoms with van der Waals surface area (Å²) in [6, 6.07) is -5.56. The lowest BCUT2D eigenvalue weighted by atomic mass is 10.1. The number of nitrogens with zero attached hydrogens (tertiary/aromatic N) is 1. The Morgan fingerprint density at radius 1 is 0.784 bits per heavy atom. The second-order valence-corrected chi connectivity index (χ2v) is 8.25. The number of carbonyl (C=O) groups excluding carboxylic acids is 5. The van der Waals surface area contributed by atoms with Crippen LogP contribution in [0.25, 0.3) is 0 Å². The molecule has 0 aromatic rings. The van der Waals surface area contributed by atoms with Gasteiger partial charge in [-0.25, -0.2) is 4.79 Å². The second kappa shape index (κ2) is 16.6. The third-order valence-electron chi connectivity index (χ3n) is 4.98. The van der Waals surface area contributed by atoms with E-state index in [1.165, 1.54) is 0 Å². The number of hydrogen-bond donors (Lipinski definition) is 10. The van der Waals surface area contributed by atoms with Gasteiger partial charge >= 0.3 is 5.97 Å². The summed E-state index contributed by atoms with van der Waals surface area (Å²) in [5, 5.41) is 25.7. The summed E-state index contributed by atoms with van der Waals surface area (Å²) < 4.78 is 0. The van der Waals surface area contributed by atoms with Gasteiger partial charge in [0.05, 0.1) is 12.1 Å². The molecule has 0 radical (unpaired) electrons. The summed E-state index contributed by atoms with van der Waals surface area (Å²) in [5.41, 5.74) is 26.5. The number of amides is 5. The average Bonchev–Trinajstić information content (AvgIpc) is 2.78. The zero-order valence-corrected chi connectivity index (χ0v) is 20.5. The largest absolute Gasteiger partial charge is 0.480 e. The van der Waals surface area contributed by atoms with Crippen LogP contribution in [-0.4, -0.2) is 88.5 Å². The summed E-state index contributed by atoms with van der Waals surface area (Å²) in [4.78, 5) is 75.5. The summed E-state index contributed by atoms with van der Waals surface area (Å²) in [6.45, 7) is 1.25. The first kappa shape index (κ1) is 33.0. The fraction of sp³-hybridized carbons (Fsp3) is 0.650. The van der Waals surface area contributed by atoms with Gasteiger partial charge in [-0.3, -0.25) is 29.0 Å². The van der Waals surface area contributed by atoms with E-state index >= 15 is 0 Å². The number of nitrogens with two attached hydrogens (primary N) is 5. The van der Waals surface area contributed by atoms with E-state index in [1.807, 2.05) is 0 Å². The number of primary amides is 2. The van der Waals surface area contributed by atoms with E-state index in [-0.39, 0.29) is 51.0 Å². The van der Waals surface area contributed by atoms with Gasteiger partial charge in [0.25, 0.3) is 0 Å². The van der Waals surface area contributed by atoms with Crippen molar-refractivity contribution in [2.45, 2.75) is 75.7 Å². The fourth-order valence-corrected chi connectivity index (χ4v) is 2.95. The lowest BCUT2D eigenvalue weighted by molar-refractivity contribution is -0.145.